The highest BCUT2D eigenvalue weighted by molar-refractivity contribution is 7.86. The van der Waals surface area contributed by atoms with E-state index in [0.717, 1.165) is 4.31 Å². The van der Waals surface area contributed by atoms with Gasteiger partial charge in [-0.25, -0.2) is 0 Å². The third kappa shape index (κ3) is 5.22. The molecule has 0 amide bonds. The highest BCUT2D eigenvalue weighted by Crippen LogP contribution is 2.34. The number of carboxylic acid groups (broad SMARTS) is 1. The van der Waals surface area contributed by atoms with Crippen molar-refractivity contribution in [3.05, 3.63) is 0 Å². The lowest BCUT2D eigenvalue weighted by molar-refractivity contribution is -0.144. The molecule has 0 aliphatic carbocycles. The molecule has 2 saturated heterocycles. The maximum Gasteiger partial charge on any atom is 0.451 e. The van der Waals surface area contributed by atoms with Gasteiger partial charge in [-0.1, -0.05) is 6.42 Å². The van der Waals surface area contributed by atoms with Crippen molar-refractivity contribution in [3.63, 3.8) is 0 Å². The Balaban J connectivity index is 2.19. The quantitative estimate of drug-likeness (QED) is 0.241. The van der Waals surface area contributed by atoms with E-state index in [0.29, 0.717) is 32.5 Å². The number of nitrogens with two attached hydrogens (primary N) is 2. The average Bonchev–Trinajstić information content (AvgIpc) is 2.99. The van der Waals surface area contributed by atoms with Crippen molar-refractivity contribution in [2.45, 2.75) is 43.6 Å². The van der Waals surface area contributed by atoms with E-state index in [1.54, 1.807) is 0 Å². The van der Waals surface area contributed by atoms with Crippen molar-refractivity contribution in [1.82, 2.24) is 8.61 Å². The van der Waals surface area contributed by atoms with Crippen LogP contribution in [0.2, 0.25) is 6.32 Å². The molecule has 0 spiro atoms. The lowest BCUT2D eigenvalue weighted by Gasteiger charge is -2.35. The topological polar surface area (TPSA) is 180 Å². The molecule has 0 aromatic carbocycles. The number of ether oxygens (including phenoxy) is 1. The van der Waals surface area contributed by atoms with Gasteiger partial charge in [0.1, 0.15) is 5.54 Å². The number of aliphatic carboxylic acids is 1. The number of carboxylic acids is 1. The summed E-state index contributed by atoms with van der Waals surface area (Å²) in [5, 5.41) is 27.6. The maximum atomic E-state index is 13.3. The van der Waals surface area contributed by atoms with Crippen LogP contribution in [0.3, 0.4) is 0 Å². The molecule has 0 unspecified atom stereocenters. The predicted octanol–water partition coefficient (Wildman–Crippen LogP) is -2.36. The minimum absolute atomic E-state index is 0.0308. The molecule has 2 heterocycles. The molecule has 0 saturated carbocycles. The molecule has 0 aromatic heterocycles. The number of hydrogen-bond donors (Lipinski definition) is 5. The normalized spacial score (nSPS) is 27.4. The number of nitrogens with zero attached hydrogens (tertiary/aromatic N) is 2. The first-order valence-corrected chi connectivity index (χ1v) is 11.0. The molecule has 7 N–H and O–H groups in total. The minimum atomic E-state index is -3.95. The zero-order valence-corrected chi connectivity index (χ0v) is 16.8. The Morgan fingerprint density at radius 2 is 1.96 bits per heavy atom. The molecule has 0 radical (unpaired) electrons. The lowest BCUT2D eigenvalue weighted by atomic mass is 9.78. The Bertz CT molecular complexity index is 632. The molecule has 0 bridgehead atoms. The van der Waals surface area contributed by atoms with Gasteiger partial charge in [0, 0.05) is 51.4 Å². The Labute approximate surface area is 165 Å². The van der Waals surface area contributed by atoms with Crippen LogP contribution < -0.4 is 11.5 Å². The molecule has 28 heavy (non-hydrogen) atoms. The largest absolute Gasteiger partial charge is 0.480 e. The highest BCUT2D eigenvalue weighted by atomic mass is 32.2. The van der Waals surface area contributed by atoms with Crippen LogP contribution in [0.15, 0.2) is 0 Å². The molecule has 2 rings (SSSR count). The minimum Gasteiger partial charge on any atom is -0.480 e. The van der Waals surface area contributed by atoms with Crippen molar-refractivity contribution < 1.29 is 33.1 Å². The van der Waals surface area contributed by atoms with Gasteiger partial charge in [-0.2, -0.15) is 17.0 Å². The van der Waals surface area contributed by atoms with Crippen LogP contribution in [0.25, 0.3) is 0 Å². The zero-order chi connectivity index (χ0) is 20.9. The summed E-state index contributed by atoms with van der Waals surface area (Å²) < 4.78 is 34.4. The first-order valence-electron chi connectivity index (χ1n) is 9.56. The SMILES string of the molecule is NCCN(C1CCOCC1)S(=O)(=O)N1C[C@H](CCCB(O)O)[C@](N)(C(=O)O)C1. The fourth-order valence-electron chi connectivity index (χ4n) is 3.94. The summed E-state index contributed by atoms with van der Waals surface area (Å²) >= 11 is 0. The summed E-state index contributed by atoms with van der Waals surface area (Å²) in [4.78, 5) is 11.8. The van der Waals surface area contributed by atoms with E-state index in [4.69, 9.17) is 26.3 Å². The van der Waals surface area contributed by atoms with Crippen molar-refractivity contribution in [2.75, 3.05) is 39.4 Å². The molecule has 0 aromatic rings. The van der Waals surface area contributed by atoms with E-state index < -0.39 is 34.8 Å². The van der Waals surface area contributed by atoms with Crippen molar-refractivity contribution >= 4 is 23.3 Å². The molecule has 2 atom stereocenters. The third-order valence-electron chi connectivity index (χ3n) is 5.57. The second-order valence-corrected chi connectivity index (χ2v) is 9.38. The Morgan fingerprint density at radius 1 is 1.32 bits per heavy atom. The van der Waals surface area contributed by atoms with Crippen LogP contribution in [-0.4, -0.2) is 96.2 Å². The van der Waals surface area contributed by atoms with Crippen molar-refractivity contribution in [1.29, 1.82) is 0 Å². The van der Waals surface area contributed by atoms with Gasteiger partial charge in [0.15, 0.2) is 0 Å². The van der Waals surface area contributed by atoms with Gasteiger partial charge in [0.05, 0.1) is 0 Å². The second-order valence-electron chi connectivity index (χ2n) is 7.50. The number of carbonyl (C=O) groups is 1. The lowest BCUT2D eigenvalue weighted by Crippen LogP contribution is -2.56. The van der Waals surface area contributed by atoms with Gasteiger partial charge >= 0.3 is 13.1 Å². The average molecular weight is 422 g/mol. The number of hydrogen-bond acceptors (Lipinski definition) is 8. The van der Waals surface area contributed by atoms with Gasteiger partial charge < -0.3 is 31.4 Å². The monoisotopic (exact) mass is 422 g/mol. The van der Waals surface area contributed by atoms with Gasteiger partial charge in [0.2, 0.25) is 0 Å². The van der Waals surface area contributed by atoms with E-state index >= 15 is 0 Å². The van der Waals surface area contributed by atoms with Crippen molar-refractivity contribution in [3.8, 4) is 0 Å². The summed E-state index contributed by atoms with van der Waals surface area (Å²) in [6.45, 7) is 0.843. The summed E-state index contributed by atoms with van der Waals surface area (Å²) in [6, 6.07) is -0.247. The van der Waals surface area contributed by atoms with Crippen LogP contribution in [0, 0.1) is 5.92 Å². The van der Waals surface area contributed by atoms with Gasteiger partial charge in [-0.05, 0) is 25.6 Å². The van der Waals surface area contributed by atoms with E-state index in [9.17, 15) is 18.3 Å². The van der Waals surface area contributed by atoms with Crippen LogP contribution >= 0.6 is 0 Å². The number of rotatable bonds is 10. The van der Waals surface area contributed by atoms with Gasteiger partial charge in [-0.3, -0.25) is 4.79 Å². The Morgan fingerprint density at radius 3 is 2.50 bits per heavy atom. The van der Waals surface area contributed by atoms with Crippen LogP contribution in [0.5, 0.6) is 0 Å². The molecule has 162 valence electrons. The van der Waals surface area contributed by atoms with Crippen LogP contribution in [-0.2, 0) is 19.7 Å². The maximum absolute atomic E-state index is 13.3. The predicted molar refractivity (Wildman–Crippen MR) is 102 cm³/mol. The first-order chi connectivity index (χ1) is 13.1. The van der Waals surface area contributed by atoms with E-state index in [1.165, 1.54) is 4.31 Å². The first kappa shape index (κ1) is 23.5. The fraction of sp³-hybridized carbons (Fsp3) is 0.933. The molecule has 11 nitrogen and oxygen atoms in total. The molecular formula is C15H31BN4O7S. The van der Waals surface area contributed by atoms with E-state index in [2.05, 4.69) is 0 Å². The highest BCUT2D eigenvalue weighted by Gasteiger charge is 2.53. The molecule has 2 aliphatic rings. The van der Waals surface area contributed by atoms with Gasteiger partial charge in [-0.15, -0.1) is 0 Å². The summed E-state index contributed by atoms with van der Waals surface area (Å²) in [5.41, 5.74) is 10.0. The zero-order valence-electron chi connectivity index (χ0n) is 15.9. The van der Waals surface area contributed by atoms with Crippen LogP contribution in [0.4, 0.5) is 0 Å². The van der Waals surface area contributed by atoms with Gasteiger partial charge in [0.25, 0.3) is 10.2 Å². The molecular weight excluding hydrogens is 391 g/mol. The smallest absolute Gasteiger partial charge is 0.451 e. The molecule has 2 fully saturated rings. The van der Waals surface area contributed by atoms with E-state index in [-0.39, 0.29) is 45.0 Å². The van der Waals surface area contributed by atoms with Crippen molar-refractivity contribution in [2.24, 2.45) is 17.4 Å². The van der Waals surface area contributed by atoms with Crippen LogP contribution in [0.1, 0.15) is 25.7 Å². The Kier molecular flexibility index (Phi) is 8.22. The summed E-state index contributed by atoms with van der Waals surface area (Å²) in [5.74, 6) is -1.90. The molecule has 2 aliphatic heterocycles. The third-order valence-corrected chi connectivity index (χ3v) is 7.58. The standard InChI is InChI=1S/C15H31BN4O7S/c17-6-7-20(13-3-8-27-9-4-13)28(25,26)19-10-12(2-1-5-16(23)24)15(18,11-19)14(21)22/h12-13,23-24H,1-11,17-18H2,(H,21,22)/t12-,15-/m0/s1. The fourth-order valence-corrected chi connectivity index (χ4v) is 5.91. The summed E-state index contributed by atoms with van der Waals surface area (Å²) in [7, 11) is -5.45. The summed E-state index contributed by atoms with van der Waals surface area (Å²) in [6.07, 6.45) is 1.78. The Hall–Kier alpha value is -0.795. The second kappa shape index (κ2) is 9.81. The van der Waals surface area contributed by atoms with E-state index in [1.807, 2.05) is 0 Å². The molecule has 13 heteroatoms.